The van der Waals surface area contributed by atoms with Crippen molar-refractivity contribution < 1.29 is 9.18 Å². The molecule has 1 aromatic rings. The molecule has 0 saturated carbocycles. The minimum atomic E-state index is -0.210. The Labute approximate surface area is 66.4 Å². The highest BCUT2D eigenvalue weighted by Crippen LogP contribution is 2.17. The fourth-order valence-corrected chi connectivity index (χ4v) is 1.10. The van der Waals surface area contributed by atoms with Gasteiger partial charge in [0, 0.05) is 5.38 Å². The molecule has 0 unspecified atom stereocenters. The molecule has 0 aromatic carbocycles. The number of rotatable bonds is 2. The number of aromatic nitrogens is 1. The van der Waals surface area contributed by atoms with E-state index < -0.39 is 0 Å². The van der Waals surface area contributed by atoms with Crippen molar-refractivity contribution in [2.24, 2.45) is 0 Å². The lowest BCUT2D eigenvalue weighted by atomic mass is 10.3. The maximum Gasteiger partial charge on any atom is 0.238 e. The summed E-state index contributed by atoms with van der Waals surface area (Å²) < 4.78 is 11.9. The van der Waals surface area contributed by atoms with Crippen LogP contribution in [0.25, 0.3) is 5.57 Å². The number of hydrogen-bond acceptors (Lipinski definition) is 4. The minimum Gasteiger partial charge on any atom is -0.375 e. The van der Waals surface area contributed by atoms with Crippen LogP contribution in [-0.2, 0) is 4.79 Å². The summed E-state index contributed by atoms with van der Waals surface area (Å²) in [5.41, 5.74) is 5.27. The van der Waals surface area contributed by atoms with Gasteiger partial charge in [-0.05, 0) is 0 Å². The Morgan fingerprint density at radius 1 is 1.91 bits per heavy atom. The van der Waals surface area contributed by atoms with Crippen molar-refractivity contribution in [3.05, 3.63) is 17.4 Å². The molecule has 1 radical (unpaired) electrons. The zero-order valence-electron chi connectivity index (χ0n) is 5.37. The molecule has 0 aliphatic heterocycles. The van der Waals surface area contributed by atoms with Crippen molar-refractivity contribution in [3.8, 4) is 0 Å². The van der Waals surface area contributed by atoms with Crippen LogP contribution in [0.5, 0.6) is 0 Å². The first-order valence-electron chi connectivity index (χ1n) is 2.68. The van der Waals surface area contributed by atoms with E-state index in [-0.39, 0.29) is 17.6 Å². The average molecular weight is 171 g/mol. The molecule has 57 valence electrons. The summed E-state index contributed by atoms with van der Waals surface area (Å²) in [4.78, 5) is 13.7. The summed E-state index contributed by atoms with van der Waals surface area (Å²) in [5.74, 6) is 0. The molecule has 0 saturated heterocycles. The highest BCUT2D eigenvalue weighted by molar-refractivity contribution is 7.13. The number of anilines is 1. The van der Waals surface area contributed by atoms with Gasteiger partial charge in [0.15, 0.2) is 5.13 Å². The molecule has 0 spiro atoms. The number of halogens is 1. The van der Waals surface area contributed by atoms with Crippen LogP contribution < -0.4 is 5.73 Å². The molecule has 0 amide bonds. The minimum absolute atomic E-state index is 0.154. The molecule has 0 aliphatic carbocycles. The SMILES string of the molecule is Nc1nc(C([C]=O)=CF)cs1. The van der Waals surface area contributed by atoms with Gasteiger partial charge in [-0.1, -0.05) is 0 Å². The van der Waals surface area contributed by atoms with Crippen LogP contribution in [0.2, 0.25) is 0 Å². The van der Waals surface area contributed by atoms with Crippen LogP contribution in [0.3, 0.4) is 0 Å². The Bertz CT molecular complexity index is 295. The Morgan fingerprint density at radius 3 is 3.00 bits per heavy atom. The number of carbonyl (C=O) groups excluding carboxylic acids is 1. The van der Waals surface area contributed by atoms with Crippen molar-refractivity contribution in [2.75, 3.05) is 5.73 Å². The number of nitrogen functional groups attached to an aromatic ring is 1. The van der Waals surface area contributed by atoms with Crippen LogP contribution in [0.1, 0.15) is 5.69 Å². The molecule has 0 fully saturated rings. The summed E-state index contributed by atoms with van der Waals surface area (Å²) in [6, 6.07) is 0. The first-order chi connectivity index (χ1) is 5.27. The summed E-state index contributed by atoms with van der Waals surface area (Å²) in [6.07, 6.45) is 1.56. The average Bonchev–Trinajstić information content (AvgIpc) is 2.39. The maximum absolute atomic E-state index is 11.9. The fourth-order valence-electron chi connectivity index (χ4n) is 0.542. The predicted octanol–water partition coefficient (Wildman–Crippen LogP) is 1.15. The van der Waals surface area contributed by atoms with Crippen LogP contribution >= 0.6 is 11.3 Å². The van der Waals surface area contributed by atoms with Gasteiger partial charge >= 0.3 is 0 Å². The van der Waals surface area contributed by atoms with E-state index in [0.717, 1.165) is 11.3 Å². The Kier molecular flexibility index (Phi) is 2.32. The molecule has 3 nitrogen and oxygen atoms in total. The van der Waals surface area contributed by atoms with Crippen molar-refractivity contribution in [1.82, 2.24) is 4.98 Å². The first-order valence-corrected chi connectivity index (χ1v) is 3.56. The molecular weight excluding hydrogens is 167 g/mol. The number of nitrogens with zero attached hydrogens (tertiary/aromatic N) is 1. The molecule has 5 heteroatoms. The second-order valence-electron chi connectivity index (χ2n) is 1.70. The molecule has 1 heterocycles. The van der Waals surface area contributed by atoms with E-state index in [1.165, 1.54) is 11.7 Å². The molecule has 0 aliphatic rings. The van der Waals surface area contributed by atoms with Gasteiger partial charge in [0.25, 0.3) is 0 Å². The number of allylic oxidation sites excluding steroid dienone is 1. The molecule has 11 heavy (non-hydrogen) atoms. The monoisotopic (exact) mass is 171 g/mol. The molecule has 1 aromatic heterocycles. The highest BCUT2D eigenvalue weighted by atomic mass is 32.1. The lowest BCUT2D eigenvalue weighted by Gasteiger charge is -1.85. The van der Waals surface area contributed by atoms with E-state index in [2.05, 4.69) is 4.98 Å². The summed E-state index contributed by atoms with van der Waals surface area (Å²) >= 11 is 1.14. The Balaban J connectivity index is 3.00. The number of nitrogens with two attached hydrogens (primary N) is 1. The van der Waals surface area contributed by atoms with E-state index >= 15 is 0 Å². The maximum atomic E-state index is 11.9. The summed E-state index contributed by atoms with van der Waals surface area (Å²) in [7, 11) is 0. The predicted molar refractivity (Wildman–Crippen MR) is 41.3 cm³/mol. The first kappa shape index (κ1) is 7.87. The zero-order valence-corrected chi connectivity index (χ0v) is 6.19. The van der Waals surface area contributed by atoms with Gasteiger partial charge in [-0.25, -0.2) is 9.37 Å². The smallest absolute Gasteiger partial charge is 0.238 e. The van der Waals surface area contributed by atoms with E-state index in [1.807, 2.05) is 0 Å². The van der Waals surface area contributed by atoms with Crippen molar-refractivity contribution in [3.63, 3.8) is 0 Å². The number of hydrogen-bond donors (Lipinski definition) is 1. The van der Waals surface area contributed by atoms with Gasteiger partial charge in [-0.15, -0.1) is 11.3 Å². The normalized spacial score (nSPS) is 11.5. The zero-order chi connectivity index (χ0) is 8.27. The van der Waals surface area contributed by atoms with E-state index in [0.29, 0.717) is 5.13 Å². The molecule has 2 N–H and O–H groups in total. The van der Waals surface area contributed by atoms with Crippen LogP contribution in [0.15, 0.2) is 11.7 Å². The van der Waals surface area contributed by atoms with Crippen LogP contribution in [0.4, 0.5) is 9.52 Å². The molecule has 1 rings (SSSR count). The Hall–Kier alpha value is -1.23. The fraction of sp³-hybridized carbons (Fsp3) is 0. The topological polar surface area (TPSA) is 56.0 Å². The number of thiazole rings is 1. The van der Waals surface area contributed by atoms with E-state index in [4.69, 9.17) is 5.73 Å². The van der Waals surface area contributed by atoms with Gasteiger partial charge in [-0.3, -0.25) is 4.79 Å². The van der Waals surface area contributed by atoms with Gasteiger partial charge in [0.1, 0.15) is 6.33 Å². The highest BCUT2D eigenvalue weighted by Gasteiger charge is 2.04. The largest absolute Gasteiger partial charge is 0.375 e. The third kappa shape index (κ3) is 1.62. The molecular formula is C6H4FN2OS. The van der Waals surface area contributed by atoms with Crippen LogP contribution in [-0.4, -0.2) is 11.3 Å². The molecule has 0 atom stereocenters. The van der Waals surface area contributed by atoms with Gasteiger partial charge < -0.3 is 5.73 Å². The Morgan fingerprint density at radius 2 is 2.64 bits per heavy atom. The van der Waals surface area contributed by atoms with Crippen molar-refractivity contribution >= 4 is 28.3 Å². The second-order valence-corrected chi connectivity index (χ2v) is 2.59. The summed E-state index contributed by atoms with van der Waals surface area (Å²) in [5, 5.41) is 1.79. The second kappa shape index (κ2) is 3.25. The van der Waals surface area contributed by atoms with Gasteiger partial charge in [-0.2, -0.15) is 0 Å². The molecule has 0 bridgehead atoms. The lowest BCUT2D eigenvalue weighted by molar-refractivity contribution is 0.564. The van der Waals surface area contributed by atoms with Gasteiger partial charge in [0.05, 0.1) is 11.3 Å². The third-order valence-electron chi connectivity index (χ3n) is 1.02. The van der Waals surface area contributed by atoms with Crippen molar-refractivity contribution in [2.45, 2.75) is 0 Å². The quantitative estimate of drug-likeness (QED) is 0.679. The third-order valence-corrected chi connectivity index (χ3v) is 1.69. The lowest BCUT2D eigenvalue weighted by Crippen LogP contribution is -1.87. The standard InChI is InChI=1S/C6H4FN2OS/c7-1-4(2-10)5-3-11-6(8)9-5/h1,3H,(H2,8,9). The van der Waals surface area contributed by atoms with Crippen LogP contribution in [0, 0.1) is 0 Å². The summed E-state index contributed by atoms with van der Waals surface area (Å²) in [6.45, 7) is 0. The van der Waals surface area contributed by atoms with E-state index in [1.54, 1.807) is 0 Å². The van der Waals surface area contributed by atoms with E-state index in [9.17, 15) is 9.18 Å². The van der Waals surface area contributed by atoms with Gasteiger partial charge in [0.2, 0.25) is 6.29 Å². The van der Waals surface area contributed by atoms with Crippen molar-refractivity contribution in [1.29, 1.82) is 0 Å².